The number of cyclic esters (lactones) is 1. The third-order valence-electron chi connectivity index (χ3n) is 8.09. The van der Waals surface area contributed by atoms with Gasteiger partial charge in [-0.2, -0.15) is 0 Å². The smallest absolute Gasteiger partial charge is 0.329 e. The average Bonchev–Trinajstić information content (AvgIpc) is 3.03. The fourth-order valence-electron chi connectivity index (χ4n) is 5.37. The van der Waals surface area contributed by atoms with Gasteiger partial charge in [-0.15, -0.1) is 0 Å². The normalized spacial score (nSPS) is 22.2. The molecule has 8 nitrogen and oxygen atoms in total. The maximum Gasteiger partial charge on any atom is 0.329 e. The van der Waals surface area contributed by atoms with Gasteiger partial charge in [-0.1, -0.05) is 112 Å². The summed E-state index contributed by atoms with van der Waals surface area (Å²) in [5.41, 5.74) is 3.82. The van der Waals surface area contributed by atoms with Crippen LogP contribution in [0.1, 0.15) is 57.6 Å². The Morgan fingerprint density at radius 2 is 1.32 bits per heavy atom. The number of carbonyl (C=O) groups is 4. The zero-order chi connectivity index (χ0) is 31.5. The topological polar surface area (TPSA) is 114 Å². The first-order chi connectivity index (χ1) is 21.2. The fraction of sp³-hybridized carbons (Fsp3) is 0.389. The van der Waals surface area contributed by atoms with E-state index in [1.807, 2.05) is 91.9 Å². The van der Waals surface area contributed by atoms with Crippen LogP contribution in [0.3, 0.4) is 0 Å². The molecular formula is C36H43N3O5. The van der Waals surface area contributed by atoms with E-state index in [0.717, 1.165) is 41.5 Å². The van der Waals surface area contributed by atoms with Gasteiger partial charge >= 0.3 is 5.97 Å². The number of hydrogen-bond acceptors (Lipinski definition) is 5. The lowest BCUT2D eigenvalue weighted by Gasteiger charge is -2.27. The van der Waals surface area contributed by atoms with Crippen LogP contribution < -0.4 is 16.0 Å². The number of hydrogen-bond donors (Lipinski definition) is 3. The van der Waals surface area contributed by atoms with Crippen molar-refractivity contribution in [2.45, 2.75) is 83.5 Å². The second-order valence-corrected chi connectivity index (χ2v) is 11.7. The molecule has 4 rings (SSSR count). The predicted molar refractivity (Wildman–Crippen MR) is 170 cm³/mol. The van der Waals surface area contributed by atoms with Crippen LogP contribution in [0.5, 0.6) is 0 Å². The van der Waals surface area contributed by atoms with Crippen molar-refractivity contribution in [3.05, 3.63) is 96.1 Å². The van der Waals surface area contributed by atoms with Gasteiger partial charge in [0.05, 0.1) is 6.42 Å². The van der Waals surface area contributed by atoms with Crippen molar-refractivity contribution in [3.63, 3.8) is 0 Å². The number of unbranched alkanes of at least 4 members (excludes halogenated alkanes) is 1. The van der Waals surface area contributed by atoms with Crippen molar-refractivity contribution < 1.29 is 23.9 Å². The largest absolute Gasteiger partial charge is 0.460 e. The Labute approximate surface area is 260 Å². The average molecular weight is 598 g/mol. The van der Waals surface area contributed by atoms with Crippen molar-refractivity contribution in [3.8, 4) is 11.1 Å². The summed E-state index contributed by atoms with van der Waals surface area (Å²) < 4.78 is 5.98. The van der Waals surface area contributed by atoms with Gasteiger partial charge < -0.3 is 20.7 Å². The first kappa shape index (κ1) is 32.5. The number of esters is 1. The van der Waals surface area contributed by atoms with Crippen LogP contribution >= 0.6 is 0 Å². The van der Waals surface area contributed by atoms with Gasteiger partial charge in [0.1, 0.15) is 24.2 Å². The highest BCUT2D eigenvalue weighted by Gasteiger charge is 2.33. The van der Waals surface area contributed by atoms with Crippen LogP contribution in [0.15, 0.2) is 84.9 Å². The van der Waals surface area contributed by atoms with E-state index in [2.05, 4.69) is 22.9 Å². The monoisotopic (exact) mass is 597 g/mol. The molecule has 3 amide bonds. The Morgan fingerprint density at radius 1 is 0.727 bits per heavy atom. The second kappa shape index (κ2) is 15.8. The number of ether oxygens (including phenoxy) is 1. The zero-order valence-corrected chi connectivity index (χ0v) is 25.8. The molecule has 0 aliphatic carbocycles. The van der Waals surface area contributed by atoms with Crippen LogP contribution in [0.25, 0.3) is 11.1 Å². The minimum atomic E-state index is -0.979. The van der Waals surface area contributed by atoms with Gasteiger partial charge in [-0.05, 0) is 41.5 Å². The molecule has 232 valence electrons. The predicted octanol–water partition coefficient (Wildman–Crippen LogP) is 4.75. The first-order valence-corrected chi connectivity index (χ1v) is 15.5. The highest BCUT2D eigenvalue weighted by molar-refractivity contribution is 5.94. The molecule has 0 radical (unpaired) electrons. The highest BCUT2D eigenvalue weighted by Crippen LogP contribution is 2.22. The molecule has 0 spiro atoms. The Morgan fingerprint density at radius 3 is 1.98 bits per heavy atom. The lowest BCUT2D eigenvalue weighted by molar-refractivity contribution is -0.157. The molecule has 44 heavy (non-hydrogen) atoms. The van der Waals surface area contributed by atoms with Crippen LogP contribution in [0, 0.1) is 5.92 Å². The molecule has 0 unspecified atom stereocenters. The fourth-order valence-corrected chi connectivity index (χ4v) is 5.37. The van der Waals surface area contributed by atoms with Gasteiger partial charge in [-0.3, -0.25) is 14.4 Å². The Bertz CT molecular complexity index is 1390. The van der Waals surface area contributed by atoms with Crippen LogP contribution in [-0.4, -0.2) is 47.9 Å². The van der Waals surface area contributed by atoms with Crippen LogP contribution in [-0.2, 0) is 36.8 Å². The van der Waals surface area contributed by atoms with Gasteiger partial charge in [-0.25, -0.2) is 4.79 Å². The van der Waals surface area contributed by atoms with Gasteiger partial charge in [0, 0.05) is 12.8 Å². The summed E-state index contributed by atoms with van der Waals surface area (Å²) in [4.78, 5) is 53.7. The van der Waals surface area contributed by atoms with E-state index < -0.39 is 47.9 Å². The molecule has 1 fully saturated rings. The summed E-state index contributed by atoms with van der Waals surface area (Å²) in [7, 11) is 0. The van der Waals surface area contributed by atoms with E-state index in [1.54, 1.807) is 6.92 Å². The van der Waals surface area contributed by atoms with Crippen molar-refractivity contribution in [1.29, 1.82) is 0 Å². The molecule has 1 aliphatic heterocycles. The van der Waals surface area contributed by atoms with Crippen molar-refractivity contribution >= 4 is 23.7 Å². The minimum absolute atomic E-state index is 0.0884. The number of carbonyl (C=O) groups excluding carboxylic acids is 4. The Hall–Kier alpha value is -4.46. The molecule has 1 aliphatic rings. The summed E-state index contributed by atoms with van der Waals surface area (Å²) in [6.07, 6.45) is 2.30. The number of rotatable bonds is 9. The zero-order valence-electron chi connectivity index (χ0n) is 25.8. The van der Waals surface area contributed by atoms with Gasteiger partial charge in [0.25, 0.3) is 0 Å². The maximum atomic E-state index is 13.5. The summed E-state index contributed by atoms with van der Waals surface area (Å²) >= 11 is 0. The summed E-state index contributed by atoms with van der Waals surface area (Å²) in [6, 6.07) is 24.3. The van der Waals surface area contributed by atoms with E-state index in [1.165, 1.54) is 0 Å². The van der Waals surface area contributed by atoms with Crippen molar-refractivity contribution in [2.75, 3.05) is 0 Å². The van der Waals surface area contributed by atoms with Gasteiger partial charge in [0.15, 0.2) is 0 Å². The minimum Gasteiger partial charge on any atom is -0.460 e. The molecule has 3 N–H and O–H groups in total. The van der Waals surface area contributed by atoms with E-state index in [4.69, 9.17) is 4.74 Å². The molecule has 3 aromatic carbocycles. The van der Waals surface area contributed by atoms with Crippen molar-refractivity contribution in [2.24, 2.45) is 5.92 Å². The third kappa shape index (κ3) is 9.27. The first-order valence-electron chi connectivity index (χ1n) is 15.5. The molecule has 8 heteroatoms. The van der Waals surface area contributed by atoms with Crippen LogP contribution in [0.2, 0.25) is 0 Å². The molecule has 1 heterocycles. The quantitative estimate of drug-likeness (QED) is 0.308. The number of benzene rings is 3. The highest BCUT2D eigenvalue weighted by atomic mass is 16.5. The summed E-state index contributed by atoms with van der Waals surface area (Å²) in [5, 5.41) is 8.40. The number of amides is 3. The van der Waals surface area contributed by atoms with Crippen LogP contribution in [0.4, 0.5) is 0 Å². The maximum absolute atomic E-state index is 13.5. The molecule has 0 saturated carbocycles. The summed E-state index contributed by atoms with van der Waals surface area (Å²) in [6.45, 7) is 5.60. The van der Waals surface area contributed by atoms with E-state index in [-0.39, 0.29) is 25.2 Å². The number of nitrogens with one attached hydrogen (secondary N) is 3. The Kier molecular flexibility index (Phi) is 11.7. The van der Waals surface area contributed by atoms with E-state index >= 15 is 0 Å². The molecule has 1 saturated heterocycles. The van der Waals surface area contributed by atoms with E-state index in [9.17, 15) is 19.2 Å². The van der Waals surface area contributed by atoms with Gasteiger partial charge in [0.2, 0.25) is 17.7 Å². The molecule has 0 aromatic heterocycles. The summed E-state index contributed by atoms with van der Waals surface area (Å²) in [5.74, 6) is -2.08. The Balaban J connectivity index is 1.58. The third-order valence-corrected chi connectivity index (χ3v) is 8.09. The molecular weight excluding hydrogens is 554 g/mol. The van der Waals surface area contributed by atoms with E-state index in [0.29, 0.717) is 0 Å². The lowest BCUT2D eigenvalue weighted by atomic mass is 9.95. The molecule has 3 aromatic rings. The lowest BCUT2D eigenvalue weighted by Crippen LogP contribution is -2.55. The second-order valence-electron chi connectivity index (χ2n) is 11.7. The van der Waals surface area contributed by atoms with Crippen molar-refractivity contribution in [1.82, 2.24) is 16.0 Å². The molecule has 5 atom stereocenters. The molecule has 0 bridgehead atoms. The standard InChI is InChI=1S/C36H43N3O5/c1-4-5-12-24(2)32-23-33(40)38-30(21-27-17-19-29(20-18-27)28-15-10-7-11-16-28)35(42)37-25(3)34(41)39-31(36(43)44-32)22-26-13-8-6-9-14-26/h6-11,13-20,24-25,30-32H,4-5,12,21-23H2,1-3H3,(H,37,42)(H,38,40)(H,39,41)/t24-,25-,30+,31+,32-/m0/s1. The SMILES string of the molecule is CCCC[C@H](C)[C@@H]1CC(=O)N[C@H](Cc2ccc(-c3ccccc3)cc2)C(=O)N[C@@H](C)C(=O)N[C@H](Cc2ccccc2)C(=O)O1.